The van der Waals surface area contributed by atoms with Crippen molar-refractivity contribution in [2.24, 2.45) is 5.92 Å². The molecule has 1 atom stereocenters. The summed E-state index contributed by atoms with van der Waals surface area (Å²) in [4.78, 5) is 6.33. The molecule has 2 N–H and O–H groups in total. The molecule has 1 aliphatic carbocycles. The second-order valence-corrected chi connectivity index (χ2v) is 4.35. The van der Waals surface area contributed by atoms with Gasteiger partial charge in [-0.2, -0.15) is 9.36 Å². The molecule has 0 amide bonds. The van der Waals surface area contributed by atoms with E-state index in [0.717, 1.165) is 11.0 Å². The fraction of sp³-hybridized carbons (Fsp3) is 0.750. The lowest BCUT2D eigenvalue weighted by molar-refractivity contribution is 0.608. The van der Waals surface area contributed by atoms with Crippen molar-refractivity contribution >= 4 is 22.6 Å². The maximum Gasteiger partial charge on any atom is 0.233 e. The molecule has 1 aliphatic rings. The topological polar surface area (TPSA) is 55.0 Å². The highest BCUT2D eigenvalue weighted by atomic mass is 32.1. The minimum Gasteiger partial charge on any atom is -0.367 e. The highest BCUT2D eigenvalue weighted by molar-refractivity contribution is 7.09. The quantitative estimate of drug-likeness (QED) is 0.796. The first-order valence-corrected chi connectivity index (χ1v) is 5.28. The van der Waals surface area contributed by atoms with Crippen molar-refractivity contribution in [3.8, 4) is 0 Å². The Hall–Kier alpha value is -0.840. The van der Waals surface area contributed by atoms with Gasteiger partial charge in [-0.15, -0.1) is 0 Å². The highest BCUT2D eigenvalue weighted by Crippen LogP contribution is 2.36. The summed E-state index contributed by atoms with van der Waals surface area (Å²) < 4.78 is 3.97. The molecule has 0 bridgehead atoms. The van der Waals surface area contributed by atoms with Crippen molar-refractivity contribution in [1.82, 2.24) is 9.36 Å². The number of anilines is 2. The van der Waals surface area contributed by atoms with Crippen molar-refractivity contribution in [1.29, 1.82) is 0 Å². The number of hydrogen-bond donors (Lipinski definition) is 1. The maximum atomic E-state index is 5.47. The van der Waals surface area contributed by atoms with Crippen molar-refractivity contribution < 1.29 is 0 Å². The SMILES string of the molecule is CC(C1CC1)N(C)c1nc(N)ns1. The number of aromatic nitrogens is 2. The van der Waals surface area contributed by atoms with Gasteiger partial charge in [-0.05, 0) is 25.7 Å². The average Bonchev–Trinajstić information content (AvgIpc) is 2.87. The van der Waals surface area contributed by atoms with E-state index in [9.17, 15) is 0 Å². The van der Waals surface area contributed by atoms with Gasteiger partial charge in [-0.1, -0.05) is 0 Å². The van der Waals surface area contributed by atoms with E-state index in [2.05, 4.69) is 28.2 Å². The summed E-state index contributed by atoms with van der Waals surface area (Å²) in [5.41, 5.74) is 5.47. The van der Waals surface area contributed by atoms with Gasteiger partial charge in [0.1, 0.15) is 0 Å². The molecule has 13 heavy (non-hydrogen) atoms. The summed E-state index contributed by atoms with van der Waals surface area (Å²) in [5.74, 6) is 1.23. The van der Waals surface area contributed by atoms with Crippen LogP contribution in [0.15, 0.2) is 0 Å². The van der Waals surface area contributed by atoms with Gasteiger partial charge >= 0.3 is 0 Å². The van der Waals surface area contributed by atoms with Crippen LogP contribution in [0, 0.1) is 5.92 Å². The van der Waals surface area contributed by atoms with Gasteiger partial charge in [0.15, 0.2) is 0 Å². The fourth-order valence-electron chi connectivity index (χ4n) is 1.44. The van der Waals surface area contributed by atoms with E-state index >= 15 is 0 Å². The predicted octanol–water partition coefficient (Wildman–Crippen LogP) is 1.35. The monoisotopic (exact) mass is 198 g/mol. The van der Waals surface area contributed by atoms with Crippen molar-refractivity contribution in [2.75, 3.05) is 17.7 Å². The Balaban J connectivity index is 2.06. The van der Waals surface area contributed by atoms with E-state index in [1.807, 2.05) is 0 Å². The van der Waals surface area contributed by atoms with Crippen molar-refractivity contribution in [3.63, 3.8) is 0 Å². The summed E-state index contributed by atoms with van der Waals surface area (Å²) in [5, 5.41) is 0.928. The molecule has 0 aliphatic heterocycles. The largest absolute Gasteiger partial charge is 0.367 e. The molecule has 0 saturated heterocycles. The van der Waals surface area contributed by atoms with E-state index in [4.69, 9.17) is 5.73 Å². The molecule has 1 fully saturated rings. The number of rotatable bonds is 3. The van der Waals surface area contributed by atoms with E-state index in [0.29, 0.717) is 12.0 Å². The lowest BCUT2D eigenvalue weighted by Crippen LogP contribution is -2.30. The Morgan fingerprint density at radius 1 is 1.62 bits per heavy atom. The first kappa shape index (κ1) is 8.74. The summed E-state index contributed by atoms with van der Waals surface area (Å²) in [6.45, 7) is 2.23. The van der Waals surface area contributed by atoms with Gasteiger partial charge in [0.2, 0.25) is 11.1 Å². The lowest BCUT2D eigenvalue weighted by atomic mass is 10.2. The van der Waals surface area contributed by atoms with Crippen LogP contribution in [0.25, 0.3) is 0 Å². The van der Waals surface area contributed by atoms with Crippen LogP contribution in [0.1, 0.15) is 19.8 Å². The number of nitrogens with zero attached hydrogens (tertiary/aromatic N) is 3. The van der Waals surface area contributed by atoms with Gasteiger partial charge in [0.25, 0.3) is 0 Å². The molecule has 1 saturated carbocycles. The van der Waals surface area contributed by atoms with Crippen LogP contribution in [-0.4, -0.2) is 22.4 Å². The smallest absolute Gasteiger partial charge is 0.233 e. The molecule has 1 heterocycles. The molecule has 4 nitrogen and oxygen atoms in total. The summed E-state index contributed by atoms with van der Waals surface area (Å²) in [6.07, 6.45) is 2.69. The Bertz CT molecular complexity index is 294. The average molecular weight is 198 g/mol. The zero-order valence-electron chi connectivity index (χ0n) is 7.90. The molecular weight excluding hydrogens is 184 g/mol. The second-order valence-electron chi connectivity index (χ2n) is 3.62. The summed E-state index contributed by atoms with van der Waals surface area (Å²) >= 11 is 1.37. The van der Waals surface area contributed by atoms with Crippen LogP contribution in [0.3, 0.4) is 0 Å². The van der Waals surface area contributed by atoms with E-state index < -0.39 is 0 Å². The van der Waals surface area contributed by atoms with Gasteiger partial charge < -0.3 is 10.6 Å². The number of nitrogen functional groups attached to an aromatic ring is 1. The molecular formula is C8H14N4S. The zero-order chi connectivity index (χ0) is 9.42. The first-order valence-electron chi connectivity index (χ1n) is 4.50. The standard InChI is InChI=1S/C8H14N4S/c1-5(6-3-4-6)12(2)8-10-7(9)11-13-8/h5-6H,3-4H2,1-2H3,(H2,9,11). The highest BCUT2D eigenvalue weighted by Gasteiger charge is 2.31. The molecule has 2 rings (SSSR count). The summed E-state index contributed by atoms with van der Waals surface area (Å²) in [6, 6.07) is 0.562. The van der Waals surface area contributed by atoms with Crippen LogP contribution in [0.4, 0.5) is 11.1 Å². The van der Waals surface area contributed by atoms with Crippen molar-refractivity contribution in [2.45, 2.75) is 25.8 Å². The minimum atomic E-state index is 0.384. The molecule has 0 radical (unpaired) electrons. The van der Waals surface area contributed by atoms with Gasteiger partial charge in [0.05, 0.1) is 0 Å². The van der Waals surface area contributed by atoms with Crippen LogP contribution in [0.2, 0.25) is 0 Å². The third-order valence-electron chi connectivity index (χ3n) is 2.65. The Morgan fingerprint density at radius 2 is 2.31 bits per heavy atom. The second kappa shape index (κ2) is 3.14. The molecule has 5 heteroatoms. The predicted molar refractivity (Wildman–Crippen MR) is 54.9 cm³/mol. The molecule has 1 unspecified atom stereocenters. The lowest BCUT2D eigenvalue weighted by Gasteiger charge is -2.23. The third-order valence-corrected chi connectivity index (χ3v) is 3.47. The molecule has 0 spiro atoms. The van der Waals surface area contributed by atoms with Crippen LogP contribution in [-0.2, 0) is 0 Å². The Kier molecular flexibility index (Phi) is 2.11. The molecule has 0 aromatic carbocycles. The minimum absolute atomic E-state index is 0.384. The third kappa shape index (κ3) is 1.75. The number of nitrogens with two attached hydrogens (primary N) is 1. The van der Waals surface area contributed by atoms with Crippen LogP contribution < -0.4 is 10.6 Å². The van der Waals surface area contributed by atoms with Gasteiger partial charge in [-0.3, -0.25) is 0 Å². The van der Waals surface area contributed by atoms with Crippen molar-refractivity contribution in [3.05, 3.63) is 0 Å². The van der Waals surface area contributed by atoms with Crippen LogP contribution in [0.5, 0.6) is 0 Å². The maximum absolute atomic E-state index is 5.47. The normalized spacial score (nSPS) is 18.6. The van der Waals surface area contributed by atoms with Crippen LogP contribution >= 0.6 is 11.5 Å². The van der Waals surface area contributed by atoms with E-state index in [1.165, 1.54) is 24.4 Å². The number of hydrogen-bond acceptors (Lipinski definition) is 5. The Morgan fingerprint density at radius 3 is 2.77 bits per heavy atom. The first-order chi connectivity index (χ1) is 6.18. The summed E-state index contributed by atoms with van der Waals surface area (Å²) in [7, 11) is 2.06. The molecule has 1 aromatic heterocycles. The van der Waals surface area contributed by atoms with E-state index in [1.54, 1.807) is 0 Å². The van der Waals surface area contributed by atoms with Gasteiger partial charge in [-0.25, -0.2) is 0 Å². The molecule has 72 valence electrons. The molecule has 1 aromatic rings. The van der Waals surface area contributed by atoms with Gasteiger partial charge in [0, 0.05) is 24.6 Å². The Labute approximate surface area is 81.9 Å². The zero-order valence-corrected chi connectivity index (χ0v) is 8.71. The van der Waals surface area contributed by atoms with E-state index in [-0.39, 0.29) is 0 Å². The fourth-order valence-corrected chi connectivity index (χ4v) is 2.08.